The van der Waals surface area contributed by atoms with Crippen molar-refractivity contribution < 1.29 is 19.1 Å². The largest absolute Gasteiger partial charge is 0.378 e. The maximum Gasteiger partial charge on any atom is 0.150 e. The van der Waals surface area contributed by atoms with E-state index in [4.69, 9.17) is 9.47 Å². The molecule has 0 amide bonds. The van der Waals surface area contributed by atoms with Crippen LogP contribution in [0.2, 0.25) is 0 Å². The number of benzene rings is 2. The number of ether oxygens (including phenoxy) is 2. The van der Waals surface area contributed by atoms with Gasteiger partial charge in [0, 0.05) is 48.7 Å². The molecular formula is C27H36N2O4. The number of nitrogens with zero attached hydrogens (tertiary/aromatic N) is 2. The summed E-state index contributed by atoms with van der Waals surface area (Å²) in [7, 11) is 0. The van der Waals surface area contributed by atoms with E-state index in [2.05, 4.69) is 29.7 Å². The van der Waals surface area contributed by atoms with Gasteiger partial charge in [0.1, 0.15) is 6.29 Å². The molecule has 2 aromatic rings. The van der Waals surface area contributed by atoms with E-state index >= 15 is 0 Å². The van der Waals surface area contributed by atoms with Gasteiger partial charge in [-0.3, -0.25) is 9.59 Å². The zero-order chi connectivity index (χ0) is 24.0. The summed E-state index contributed by atoms with van der Waals surface area (Å²) in [5.74, 6) is 0. The molecule has 0 spiro atoms. The highest BCUT2D eigenvalue weighted by Crippen LogP contribution is 2.33. The second-order valence-corrected chi connectivity index (χ2v) is 8.69. The summed E-state index contributed by atoms with van der Waals surface area (Å²) in [5, 5.41) is 0. The van der Waals surface area contributed by atoms with Gasteiger partial charge in [-0.2, -0.15) is 0 Å². The Morgan fingerprint density at radius 3 is 1.79 bits per heavy atom. The fraction of sp³-hybridized carbons (Fsp3) is 0.481. The third-order valence-electron chi connectivity index (χ3n) is 6.91. The van der Waals surface area contributed by atoms with Crippen LogP contribution < -0.4 is 9.80 Å². The standard InChI is InChI=1S/C15H21NO2.C12H15NO2/c1-10-11(2)14(9-17)13(4)15(12(10)3)16-5-7-18-8-6-16;1-10-11(9-14)3-2-4-12(10)13-5-7-15-8-6-13/h9H,5-8H2,1-4H3;2-4,9H,5-8H2,1H3. The third-order valence-corrected chi connectivity index (χ3v) is 6.91. The molecule has 33 heavy (non-hydrogen) atoms. The molecule has 0 atom stereocenters. The van der Waals surface area contributed by atoms with Crippen LogP contribution in [0.5, 0.6) is 0 Å². The van der Waals surface area contributed by atoms with Crippen LogP contribution in [0.3, 0.4) is 0 Å². The Morgan fingerprint density at radius 1 is 0.667 bits per heavy atom. The Morgan fingerprint density at radius 2 is 1.24 bits per heavy atom. The molecule has 0 unspecified atom stereocenters. The summed E-state index contributed by atoms with van der Waals surface area (Å²) >= 11 is 0. The minimum Gasteiger partial charge on any atom is -0.378 e. The lowest BCUT2D eigenvalue weighted by Gasteiger charge is -2.33. The van der Waals surface area contributed by atoms with Gasteiger partial charge >= 0.3 is 0 Å². The SMILES string of the molecule is Cc1c(C)c(C=O)c(C)c(N2CCOCC2)c1C.Cc1c(C=O)cccc1N1CCOCC1. The summed E-state index contributed by atoms with van der Waals surface area (Å²) in [4.78, 5) is 26.7. The topological polar surface area (TPSA) is 59.1 Å². The van der Waals surface area contributed by atoms with Gasteiger partial charge in [0.2, 0.25) is 0 Å². The normalized spacial score (nSPS) is 16.2. The predicted octanol–water partition coefficient (Wildman–Crippen LogP) is 4.21. The molecule has 0 N–H and O–H groups in total. The minimum atomic E-state index is 0.766. The van der Waals surface area contributed by atoms with Crippen LogP contribution >= 0.6 is 0 Å². The minimum absolute atomic E-state index is 0.766. The molecule has 2 heterocycles. The van der Waals surface area contributed by atoms with Crippen LogP contribution in [0.15, 0.2) is 18.2 Å². The van der Waals surface area contributed by atoms with E-state index in [0.29, 0.717) is 0 Å². The first-order valence-electron chi connectivity index (χ1n) is 11.7. The highest BCUT2D eigenvalue weighted by atomic mass is 16.5. The first kappa shape index (κ1) is 24.9. The second kappa shape index (κ2) is 11.4. The van der Waals surface area contributed by atoms with Crippen molar-refractivity contribution >= 4 is 23.9 Å². The van der Waals surface area contributed by atoms with E-state index in [-0.39, 0.29) is 0 Å². The second-order valence-electron chi connectivity index (χ2n) is 8.69. The van der Waals surface area contributed by atoms with Crippen molar-refractivity contribution in [3.63, 3.8) is 0 Å². The van der Waals surface area contributed by atoms with E-state index < -0.39 is 0 Å². The monoisotopic (exact) mass is 452 g/mol. The van der Waals surface area contributed by atoms with Crippen LogP contribution in [0.4, 0.5) is 11.4 Å². The molecule has 2 aromatic carbocycles. The highest BCUT2D eigenvalue weighted by Gasteiger charge is 2.20. The van der Waals surface area contributed by atoms with Crippen LogP contribution in [0.1, 0.15) is 48.5 Å². The Bertz CT molecular complexity index is 990. The molecule has 4 rings (SSSR count). The van der Waals surface area contributed by atoms with Crippen LogP contribution in [-0.4, -0.2) is 65.2 Å². The molecule has 2 saturated heterocycles. The molecular weight excluding hydrogens is 416 g/mol. The molecule has 6 heteroatoms. The number of hydrogen-bond acceptors (Lipinski definition) is 6. The van der Waals surface area contributed by atoms with Crippen molar-refractivity contribution in [3.8, 4) is 0 Å². The van der Waals surface area contributed by atoms with Gasteiger partial charge in [-0.15, -0.1) is 0 Å². The first-order valence-corrected chi connectivity index (χ1v) is 11.7. The lowest BCUT2D eigenvalue weighted by molar-refractivity contribution is 0.111. The van der Waals surface area contributed by atoms with Gasteiger partial charge in [0.25, 0.3) is 0 Å². The van der Waals surface area contributed by atoms with Gasteiger partial charge in [0.05, 0.1) is 26.4 Å². The van der Waals surface area contributed by atoms with Gasteiger partial charge in [-0.1, -0.05) is 12.1 Å². The average molecular weight is 453 g/mol. The molecule has 0 aliphatic carbocycles. The van der Waals surface area contributed by atoms with E-state index in [0.717, 1.165) is 98.7 Å². The summed E-state index contributed by atoms with van der Waals surface area (Å²) in [5.41, 5.74) is 9.80. The number of morpholine rings is 2. The van der Waals surface area contributed by atoms with Crippen molar-refractivity contribution in [2.45, 2.75) is 34.6 Å². The quantitative estimate of drug-likeness (QED) is 0.648. The summed E-state index contributed by atoms with van der Waals surface area (Å²) in [6.07, 6.45) is 1.90. The Balaban J connectivity index is 0.000000189. The van der Waals surface area contributed by atoms with E-state index in [1.54, 1.807) is 0 Å². The van der Waals surface area contributed by atoms with Crippen molar-refractivity contribution in [2.75, 3.05) is 62.4 Å². The number of hydrogen-bond donors (Lipinski definition) is 0. The fourth-order valence-electron chi connectivity index (χ4n) is 4.70. The summed E-state index contributed by atoms with van der Waals surface area (Å²) < 4.78 is 10.7. The number of carbonyl (C=O) groups excluding carboxylic acids is 2. The molecule has 6 nitrogen and oxygen atoms in total. The van der Waals surface area contributed by atoms with E-state index in [1.165, 1.54) is 16.8 Å². The molecule has 178 valence electrons. The van der Waals surface area contributed by atoms with Gasteiger partial charge in [0.15, 0.2) is 6.29 Å². The van der Waals surface area contributed by atoms with Gasteiger partial charge in [-0.25, -0.2) is 0 Å². The summed E-state index contributed by atoms with van der Waals surface area (Å²) in [6.45, 7) is 17.0. The smallest absolute Gasteiger partial charge is 0.150 e. The lowest BCUT2D eigenvalue weighted by Crippen LogP contribution is -2.37. The van der Waals surface area contributed by atoms with Crippen LogP contribution in [0, 0.1) is 34.6 Å². The van der Waals surface area contributed by atoms with Crippen molar-refractivity contribution in [1.29, 1.82) is 0 Å². The van der Waals surface area contributed by atoms with Crippen LogP contribution in [0.25, 0.3) is 0 Å². The molecule has 0 saturated carbocycles. The molecule has 0 bridgehead atoms. The van der Waals surface area contributed by atoms with Crippen molar-refractivity contribution in [2.24, 2.45) is 0 Å². The van der Waals surface area contributed by atoms with Crippen LogP contribution in [-0.2, 0) is 9.47 Å². The number of carbonyl (C=O) groups is 2. The maximum absolute atomic E-state index is 11.3. The number of anilines is 2. The van der Waals surface area contributed by atoms with E-state index in [1.807, 2.05) is 32.9 Å². The molecule has 2 aliphatic heterocycles. The third kappa shape index (κ3) is 5.45. The zero-order valence-corrected chi connectivity index (χ0v) is 20.6. The average Bonchev–Trinajstić information content (AvgIpc) is 2.85. The Labute approximate surface area is 197 Å². The Hall–Kier alpha value is -2.70. The number of aldehydes is 2. The van der Waals surface area contributed by atoms with Gasteiger partial charge in [-0.05, 0) is 68.5 Å². The number of rotatable bonds is 4. The van der Waals surface area contributed by atoms with Crippen molar-refractivity contribution in [3.05, 3.63) is 57.1 Å². The molecule has 0 aromatic heterocycles. The summed E-state index contributed by atoms with van der Waals surface area (Å²) in [6, 6.07) is 5.85. The Kier molecular flexibility index (Phi) is 8.64. The highest BCUT2D eigenvalue weighted by molar-refractivity contribution is 5.85. The predicted molar refractivity (Wildman–Crippen MR) is 133 cm³/mol. The lowest BCUT2D eigenvalue weighted by atomic mass is 9.92. The maximum atomic E-state index is 11.3. The first-order chi connectivity index (χ1) is 15.9. The van der Waals surface area contributed by atoms with E-state index in [9.17, 15) is 9.59 Å². The molecule has 2 aliphatic rings. The molecule has 0 radical (unpaired) electrons. The van der Waals surface area contributed by atoms with Crippen molar-refractivity contribution in [1.82, 2.24) is 0 Å². The zero-order valence-electron chi connectivity index (χ0n) is 20.6. The molecule has 2 fully saturated rings. The van der Waals surface area contributed by atoms with Gasteiger partial charge < -0.3 is 19.3 Å². The fourth-order valence-corrected chi connectivity index (χ4v) is 4.70.